The summed E-state index contributed by atoms with van der Waals surface area (Å²) in [5.41, 5.74) is 0.103. The summed E-state index contributed by atoms with van der Waals surface area (Å²) in [6.45, 7) is 8.29. The standard InChI is InChI=1S/C15H26O2/c1-11(2)6-5-7-12(3)13-8-9-15(4,17)14(16)10-13/h10-12,17H,5-9H2,1-4H3. The van der Waals surface area contributed by atoms with Gasteiger partial charge in [-0.15, -0.1) is 0 Å². The summed E-state index contributed by atoms with van der Waals surface area (Å²) in [6.07, 6.45) is 6.75. The Labute approximate surface area is 105 Å². The monoisotopic (exact) mass is 238 g/mol. The average Bonchev–Trinajstić information content (AvgIpc) is 2.21. The summed E-state index contributed by atoms with van der Waals surface area (Å²) in [6, 6.07) is 0. The van der Waals surface area contributed by atoms with Crippen molar-refractivity contribution in [3.63, 3.8) is 0 Å². The Hall–Kier alpha value is -0.630. The number of carbonyl (C=O) groups excluding carboxylic acids is 1. The van der Waals surface area contributed by atoms with Crippen LogP contribution in [0.1, 0.15) is 59.8 Å². The molecule has 1 aliphatic rings. The van der Waals surface area contributed by atoms with Gasteiger partial charge in [0.1, 0.15) is 5.60 Å². The maximum atomic E-state index is 11.7. The fraction of sp³-hybridized carbons (Fsp3) is 0.800. The van der Waals surface area contributed by atoms with Gasteiger partial charge in [0, 0.05) is 0 Å². The Bertz CT molecular complexity index is 300. The van der Waals surface area contributed by atoms with E-state index in [4.69, 9.17) is 0 Å². The molecule has 0 saturated carbocycles. The molecule has 1 rings (SSSR count). The third kappa shape index (κ3) is 4.27. The van der Waals surface area contributed by atoms with Crippen LogP contribution in [0.2, 0.25) is 0 Å². The van der Waals surface area contributed by atoms with Crippen molar-refractivity contribution in [2.24, 2.45) is 11.8 Å². The minimum absolute atomic E-state index is 0.116. The van der Waals surface area contributed by atoms with Crippen molar-refractivity contribution in [2.75, 3.05) is 0 Å². The zero-order valence-electron chi connectivity index (χ0n) is 11.6. The molecule has 2 heteroatoms. The Morgan fingerprint density at radius 3 is 2.53 bits per heavy atom. The topological polar surface area (TPSA) is 37.3 Å². The predicted octanol–water partition coefficient (Wildman–Crippen LogP) is 3.49. The Morgan fingerprint density at radius 2 is 2.00 bits per heavy atom. The molecule has 0 aromatic carbocycles. The molecule has 0 aromatic heterocycles. The third-order valence-electron chi connectivity index (χ3n) is 3.80. The van der Waals surface area contributed by atoms with Gasteiger partial charge in [-0.2, -0.15) is 0 Å². The number of aliphatic hydroxyl groups is 1. The molecule has 17 heavy (non-hydrogen) atoms. The molecule has 1 aliphatic carbocycles. The zero-order valence-corrected chi connectivity index (χ0v) is 11.6. The molecule has 0 bridgehead atoms. The summed E-state index contributed by atoms with van der Waals surface area (Å²) in [7, 11) is 0. The highest BCUT2D eigenvalue weighted by molar-refractivity contribution is 5.97. The minimum atomic E-state index is -1.12. The zero-order chi connectivity index (χ0) is 13.1. The minimum Gasteiger partial charge on any atom is -0.382 e. The smallest absolute Gasteiger partial charge is 0.186 e. The van der Waals surface area contributed by atoms with E-state index >= 15 is 0 Å². The molecule has 0 amide bonds. The van der Waals surface area contributed by atoms with Crippen LogP contribution in [0.3, 0.4) is 0 Å². The molecule has 2 unspecified atom stereocenters. The van der Waals surface area contributed by atoms with E-state index in [0.29, 0.717) is 12.3 Å². The molecule has 98 valence electrons. The molecule has 0 aromatic rings. The molecule has 0 saturated heterocycles. The third-order valence-corrected chi connectivity index (χ3v) is 3.80. The fourth-order valence-corrected chi connectivity index (χ4v) is 2.31. The largest absolute Gasteiger partial charge is 0.382 e. The molecule has 0 aliphatic heterocycles. The van der Waals surface area contributed by atoms with Crippen LogP contribution in [-0.4, -0.2) is 16.5 Å². The lowest BCUT2D eigenvalue weighted by atomic mass is 9.80. The van der Waals surface area contributed by atoms with E-state index in [2.05, 4.69) is 20.8 Å². The van der Waals surface area contributed by atoms with Gasteiger partial charge in [-0.1, -0.05) is 39.2 Å². The SMILES string of the molecule is CC(C)CCCC(C)C1=CC(=O)C(C)(O)CC1. The lowest BCUT2D eigenvalue weighted by molar-refractivity contribution is -0.131. The van der Waals surface area contributed by atoms with Crippen LogP contribution in [0, 0.1) is 11.8 Å². The second kappa shape index (κ2) is 5.81. The Balaban J connectivity index is 2.48. The van der Waals surface area contributed by atoms with Crippen molar-refractivity contribution >= 4 is 5.78 Å². The Kier molecular flexibility index (Phi) is 4.93. The normalized spacial score (nSPS) is 27.2. The van der Waals surface area contributed by atoms with Gasteiger partial charge in [-0.25, -0.2) is 0 Å². The summed E-state index contributed by atoms with van der Waals surface area (Å²) >= 11 is 0. The van der Waals surface area contributed by atoms with Crippen LogP contribution in [-0.2, 0) is 4.79 Å². The van der Waals surface area contributed by atoms with Crippen LogP contribution < -0.4 is 0 Å². The molecule has 2 nitrogen and oxygen atoms in total. The quantitative estimate of drug-likeness (QED) is 0.796. The summed E-state index contributed by atoms with van der Waals surface area (Å²) in [5.74, 6) is 1.12. The van der Waals surface area contributed by atoms with Crippen LogP contribution in [0.4, 0.5) is 0 Å². The van der Waals surface area contributed by atoms with Crippen molar-refractivity contribution < 1.29 is 9.90 Å². The van der Waals surface area contributed by atoms with E-state index < -0.39 is 5.60 Å². The highest BCUT2D eigenvalue weighted by atomic mass is 16.3. The molecular formula is C15H26O2. The highest BCUT2D eigenvalue weighted by Gasteiger charge is 2.33. The van der Waals surface area contributed by atoms with E-state index in [0.717, 1.165) is 18.8 Å². The molecule has 0 heterocycles. The molecule has 0 radical (unpaired) electrons. The summed E-state index contributed by atoms with van der Waals surface area (Å²) in [4.78, 5) is 11.7. The van der Waals surface area contributed by atoms with Gasteiger partial charge in [0.2, 0.25) is 0 Å². The van der Waals surface area contributed by atoms with Crippen LogP contribution in [0.15, 0.2) is 11.6 Å². The van der Waals surface area contributed by atoms with Crippen LogP contribution in [0.5, 0.6) is 0 Å². The number of rotatable bonds is 5. The van der Waals surface area contributed by atoms with Crippen molar-refractivity contribution in [3.8, 4) is 0 Å². The highest BCUT2D eigenvalue weighted by Crippen LogP contribution is 2.30. The first-order valence-electron chi connectivity index (χ1n) is 6.80. The maximum absolute atomic E-state index is 11.7. The van der Waals surface area contributed by atoms with Gasteiger partial charge >= 0.3 is 0 Å². The van der Waals surface area contributed by atoms with Crippen molar-refractivity contribution in [1.29, 1.82) is 0 Å². The van der Waals surface area contributed by atoms with Gasteiger partial charge in [-0.3, -0.25) is 4.79 Å². The second-order valence-corrected chi connectivity index (χ2v) is 6.08. The molecule has 0 spiro atoms. The van der Waals surface area contributed by atoms with Gasteiger partial charge in [0.05, 0.1) is 0 Å². The first-order valence-corrected chi connectivity index (χ1v) is 6.80. The molecule has 0 fully saturated rings. The fourth-order valence-electron chi connectivity index (χ4n) is 2.31. The van der Waals surface area contributed by atoms with E-state index in [1.165, 1.54) is 18.4 Å². The van der Waals surface area contributed by atoms with Gasteiger partial charge < -0.3 is 5.11 Å². The van der Waals surface area contributed by atoms with Crippen molar-refractivity contribution in [3.05, 3.63) is 11.6 Å². The summed E-state index contributed by atoms with van der Waals surface area (Å²) < 4.78 is 0. The second-order valence-electron chi connectivity index (χ2n) is 6.08. The van der Waals surface area contributed by atoms with E-state index in [-0.39, 0.29) is 5.78 Å². The van der Waals surface area contributed by atoms with Crippen LogP contribution >= 0.6 is 0 Å². The van der Waals surface area contributed by atoms with E-state index in [1.54, 1.807) is 13.0 Å². The number of ketones is 1. The first-order chi connectivity index (χ1) is 7.83. The van der Waals surface area contributed by atoms with Crippen LogP contribution in [0.25, 0.3) is 0 Å². The lowest BCUT2D eigenvalue weighted by Gasteiger charge is -2.28. The van der Waals surface area contributed by atoms with Crippen molar-refractivity contribution in [1.82, 2.24) is 0 Å². The molecular weight excluding hydrogens is 212 g/mol. The summed E-state index contributed by atoms with van der Waals surface area (Å²) in [5, 5.41) is 9.80. The molecule has 2 atom stereocenters. The Morgan fingerprint density at radius 1 is 1.35 bits per heavy atom. The van der Waals surface area contributed by atoms with Gasteiger partial charge in [0.15, 0.2) is 5.78 Å². The lowest BCUT2D eigenvalue weighted by Crippen LogP contribution is -2.37. The van der Waals surface area contributed by atoms with Gasteiger partial charge in [-0.05, 0) is 44.1 Å². The molecule has 1 N–H and O–H groups in total. The average molecular weight is 238 g/mol. The van der Waals surface area contributed by atoms with Crippen molar-refractivity contribution in [2.45, 2.75) is 65.4 Å². The maximum Gasteiger partial charge on any atom is 0.186 e. The van der Waals surface area contributed by atoms with E-state index in [1.807, 2.05) is 0 Å². The number of allylic oxidation sites excluding steroid dienone is 1. The predicted molar refractivity (Wildman–Crippen MR) is 70.8 cm³/mol. The van der Waals surface area contributed by atoms with Gasteiger partial charge in [0.25, 0.3) is 0 Å². The van der Waals surface area contributed by atoms with E-state index in [9.17, 15) is 9.90 Å². The number of hydrogen-bond acceptors (Lipinski definition) is 2. The number of carbonyl (C=O) groups is 1. The first kappa shape index (κ1) is 14.4. The number of hydrogen-bond donors (Lipinski definition) is 1.